The zero-order valence-electron chi connectivity index (χ0n) is 10.00. The molecule has 94 valence electrons. The average Bonchev–Trinajstić information content (AvgIpc) is 3.13. The number of Topliss-reactive ketones (excluding diaryl/α,β-unsaturated/α-hetero) is 1. The van der Waals surface area contributed by atoms with Crippen LogP contribution in [0.25, 0.3) is 0 Å². The van der Waals surface area contributed by atoms with Crippen LogP contribution in [0, 0.1) is 5.82 Å². The molecule has 1 N–H and O–H groups in total. The predicted molar refractivity (Wildman–Crippen MR) is 65.4 cm³/mol. The number of nitrogens with one attached hydrogen (secondary N) is 1. The lowest BCUT2D eigenvalue weighted by Crippen LogP contribution is -2.26. The minimum Gasteiger partial charge on any atom is -0.366 e. The van der Waals surface area contributed by atoms with Crippen molar-refractivity contribution in [2.45, 2.75) is 25.8 Å². The number of halogens is 1. The van der Waals surface area contributed by atoms with Gasteiger partial charge in [-0.05, 0) is 31.9 Å². The summed E-state index contributed by atoms with van der Waals surface area (Å²) in [5.41, 5.74) is 1.02. The van der Waals surface area contributed by atoms with E-state index < -0.39 is 17.5 Å². The Hall–Kier alpha value is -1.91. The van der Waals surface area contributed by atoms with Gasteiger partial charge in [0.1, 0.15) is 5.82 Å². The van der Waals surface area contributed by atoms with Crippen molar-refractivity contribution in [1.82, 2.24) is 0 Å². The van der Waals surface area contributed by atoms with Crippen molar-refractivity contribution in [3.05, 3.63) is 23.5 Å². The summed E-state index contributed by atoms with van der Waals surface area (Å²) in [4.78, 5) is 24.7. The van der Waals surface area contributed by atoms with Gasteiger partial charge in [-0.15, -0.1) is 0 Å². The normalized spacial score (nSPS) is 17.7. The maximum absolute atomic E-state index is 14.0. The topological polar surface area (TPSA) is 49.4 Å². The number of fused-ring (bicyclic) bond motifs is 1. The van der Waals surface area contributed by atoms with Crippen molar-refractivity contribution >= 4 is 23.1 Å². The summed E-state index contributed by atoms with van der Waals surface area (Å²) in [5, 5.41) is 2.47. The summed E-state index contributed by atoms with van der Waals surface area (Å²) in [6, 6.07) is 3.11. The molecule has 0 atom stereocenters. The van der Waals surface area contributed by atoms with Crippen molar-refractivity contribution in [2.75, 3.05) is 16.8 Å². The van der Waals surface area contributed by atoms with Gasteiger partial charge in [-0.2, -0.15) is 0 Å². The third kappa shape index (κ3) is 1.58. The molecule has 0 saturated heterocycles. The standard InChI is InChI=1S/C13H13FN2O2/c1-2-16(7-3-4-7)11-6-10-8(5-9(11)14)12(17)13(18)15-10/h5-7H,2-4H2,1H3,(H,15,17,18). The summed E-state index contributed by atoms with van der Waals surface area (Å²) in [6.07, 6.45) is 2.13. The smallest absolute Gasteiger partial charge is 0.296 e. The van der Waals surface area contributed by atoms with Gasteiger partial charge in [0, 0.05) is 12.6 Å². The largest absolute Gasteiger partial charge is 0.366 e. The van der Waals surface area contributed by atoms with Crippen LogP contribution in [0.2, 0.25) is 0 Å². The Morgan fingerprint density at radius 1 is 1.39 bits per heavy atom. The summed E-state index contributed by atoms with van der Waals surface area (Å²) in [7, 11) is 0. The molecule has 1 aromatic carbocycles. The van der Waals surface area contributed by atoms with Crippen LogP contribution in [-0.4, -0.2) is 24.3 Å². The second-order valence-electron chi connectivity index (χ2n) is 4.65. The van der Waals surface area contributed by atoms with E-state index in [2.05, 4.69) is 5.32 Å². The van der Waals surface area contributed by atoms with Crippen LogP contribution in [0.15, 0.2) is 12.1 Å². The highest BCUT2D eigenvalue weighted by Gasteiger charge is 2.33. The molecule has 0 aromatic heterocycles. The monoisotopic (exact) mass is 248 g/mol. The van der Waals surface area contributed by atoms with E-state index >= 15 is 0 Å². The number of anilines is 2. The first kappa shape index (κ1) is 11.2. The lowest BCUT2D eigenvalue weighted by atomic mass is 10.1. The number of carbonyl (C=O) groups is 2. The van der Waals surface area contributed by atoms with Crippen LogP contribution in [0.1, 0.15) is 30.1 Å². The van der Waals surface area contributed by atoms with E-state index in [9.17, 15) is 14.0 Å². The Bertz CT molecular complexity index is 552. The molecule has 1 aliphatic heterocycles. The zero-order chi connectivity index (χ0) is 12.9. The molecule has 1 aromatic rings. The van der Waals surface area contributed by atoms with Gasteiger partial charge < -0.3 is 10.2 Å². The molecular weight excluding hydrogens is 235 g/mol. The molecule has 3 rings (SSSR count). The van der Waals surface area contributed by atoms with Crippen LogP contribution in [-0.2, 0) is 4.79 Å². The van der Waals surface area contributed by atoms with Gasteiger partial charge in [0.15, 0.2) is 0 Å². The summed E-state index contributed by atoms with van der Waals surface area (Å²) in [6.45, 7) is 2.68. The Balaban J connectivity index is 2.05. The summed E-state index contributed by atoms with van der Waals surface area (Å²) in [5.74, 6) is -1.78. The van der Waals surface area contributed by atoms with Crippen molar-refractivity contribution in [3.63, 3.8) is 0 Å². The SMILES string of the molecule is CCN(c1cc2c(cc1F)C(=O)C(=O)N2)C1CC1. The van der Waals surface area contributed by atoms with Crippen LogP contribution in [0.3, 0.4) is 0 Å². The summed E-state index contributed by atoms with van der Waals surface area (Å²) >= 11 is 0. The maximum atomic E-state index is 14.0. The van der Waals surface area contributed by atoms with E-state index in [1.807, 2.05) is 11.8 Å². The molecule has 1 aliphatic carbocycles. The number of nitrogens with zero attached hydrogens (tertiary/aromatic N) is 1. The van der Waals surface area contributed by atoms with Gasteiger partial charge in [-0.3, -0.25) is 9.59 Å². The summed E-state index contributed by atoms with van der Waals surface area (Å²) < 4.78 is 14.0. The van der Waals surface area contributed by atoms with E-state index in [1.54, 1.807) is 6.07 Å². The molecule has 0 spiro atoms. The highest BCUT2D eigenvalue weighted by Crippen LogP contribution is 2.36. The number of ketones is 1. The average molecular weight is 248 g/mol. The Kier molecular flexibility index (Phi) is 2.36. The van der Waals surface area contributed by atoms with E-state index in [4.69, 9.17) is 0 Å². The van der Waals surface area contributed by atoms with Crippen LogP contribution >= 0.6 is 0 Å². The fourth-order valence-electron chi connectivity index (χ4n) is 2.39. The van der Waals surface area contributed by atoms with Crippen LogP contribution in [0.5, 0.6) is 0 Å². The molecule has 0 radical (unpaired) electrons. The molecule has 1 fully saturated rings. The van der Waals surface area contributed by atoms with Gasteiger partial charge in [0.25, 0.3) is 11.7 Å². The lowest BCUT2D eigenvalue weighted by molar-refractivity contribution is -0.112. The molecule has 4 nitrogen and oxygen atoms in total. The minimum atomic E-state index is -0.684. The third-order valence-corrected chi connectivity index (χ3v) is 3.42. The molecule has 18 heavy (non-hydrogen) atoms. The molecule has 0 unspecified atom stereocenters. The van der Waals surface area contributed by atoms with E-state index in [0.29, 0.717) is 24.0 Å². The number of benzene rings is 1. The zero-order valence-corrected chi connectivity index (χ0v) is 10.00. The minimum absolute atomic E-state index is 0.133. The first-order valence-electron chi connectivity index (χ1n) is 6.07. The number of carbonyl (C=O) groups excluding carboxylic acids is 2. The molecule has 1 amide bonds. The van der Waals surface area contributed by atoms with Gasteiger partial charge in [-0.1, -0.05) is 0 Å². The number of hydrogen-bond acceptors (Lipinski definition) is 3. The third-order valence-electron chi connectivity index (χ3n) is 3.42. The molecule has 1 saturated carbocycles. The Morgan fingerprint density at radius 2 is 2.11 bits per heavy atom. The van der Waals surface area contributed by atoms with E-state index in [1.165, 1.54) is 0 Å². The van der Waals surface area contributed by atoms with E-state index in [0.717, 1.165) is 18.9 Å². The number of amides is 1. The molecular formula is C13H13FN2O2. The highest BCUT2D eigenvalue weighted by molar-refractivity contribution is 6.51. The van der Waals surface area contributed by atoms with Gasteiger partial charge in [-0.25, -0.2) is 4.39 Å². The first-order valence-corrected chi connectivity index (χ1v) is 6.07. The van der Waals surface area contributed by atoms with Crippen molar-refractivity contribution in [1.29, 1.82) is 0 Å². The van der Waals surface area contributed by atoms with Crippen molar-refractivity contribution < 1.29 is 14.0 Å². The Morgan fingerprint density at radius 3 is 2.72 bits per heavy atom. The Labute approximate surface area is 104 Å². The quantitative estimate of drug-likeness (QED) is 0.832. The molecule has 2 aliphatic rings. The fourth-order valence-corrected chi connectivity index (χ4v) is 2.39. The van der Waals surface area contributed by atoms with Crippen molar-refractivity contribution in [2.24, 2.45) is 0 Å². The second-order valence-corrected chi connectivity index (χ2v) is 4.65. The highest BCUT2D eigenvalue weighted by atomic mass is 19.1. The van der Waals surface area contributed by atoms with Crippen LogP contribution in [0.4, 0.5) is 15.8 Å². The van der Waals surface area contributed by atoms with Crippen molar-refractivity contribution in [3.8, 4) is 0 Å². The predicted octanol–water partition coefficient (Wildman–Crippen LogP) is 1.95. The maximum Gasteiger partial charge on any atom is 0.296 e. The number of hydrogen-bond donors (Lipinski definition) is 1. The molecule has 5 heteroatoms. The first-order chi connectivity index (χ1) is 8.61. The van der Waals surface area contributed by atoms with Gasteiger partial charge in [0.2, 0.25) is 0 Å². The van der Waals surface area contributed by atoms with Crippen LogP contribution < -0.4 is 10.2 Å². The van der Waals surface area contributed by atoms with E-state index in [-0.39, 0.29) is 5.56 Å². The number of rotatable bonds is 3. The van der Waals surface area contributed by atoms with Gasteiger partial charge >= 0.3 is 0 Å². The lowest BCUT2D eigenvalue weighted by Gasteiger charge is -2.23. The van der Waals surface area contributed by atoms with Gasteiger partial charge in [0.05, 0.1) is 16.9 Å². The fraction of sp³-hybridized carbons (Fsp3) is 0.385. The second kappa shape index (κ2) is 3.80. The molecule has 0 bridgehead atoms. The molecule has 1 heterocycles.